The van der Waals surface area contributed by atoms with Crippen molar-refractivity contribution >= 4 is 105 Å². The summed E-state index contributed by atoms with van der Waals surface area (Å²) in [4.78, 5) is 4.27. The SMILES string of the molecule is [2H]C([2H])([2H])c1cc2c3ccccc3c3cc4c5ccccc5c5ccccc5c5ccccc5c4cc3c3ccccc3c2cc1-c1c(C([2H])([2H])[2H])ccc2c1Oc1cnccc1[Si]2(C)C([2H])([2H])[2H]. The average molecular weight is 793 g/mol. The predicted molar refractivity (Wildman–Crippen MR) is 260 cm³/mol. The van der Waals surface area contributed by atoms with Gasteiger partial charge in [0.05, 0.1) is 6.20 Å². The van der Waals surface area contributed by atoms with Crippen LogP contribution in [-0.2, 0) is 0 Å². The van der Waals surface area contributed by atoms with Gasteiger partial charge < -0.3 is 4.74 Å². The van der Waals surface area contributed by atoms with E-state index in [4.69, 9.17) is 17.1 Å². The number of aromatic nitrogens is 1. The second-order valence-corrected chi connectivity index (χ2v) is 19.4. The summed E-state index contributed by atoms with van der Waals surface area (Å²) in [7, 11) is -3.75. The Balaban J connectivity index is 1.31. The highest BCUT2D eigenvalue weighted by atomic mass is 28.3. The van der Waals surface area contributed by atoms with Gasteiger partial charge in [-0.25, -0.2) is 0 Å². The Morgan fingerprint density at radius 2 is 0.850 bits per heavy atom. The summed E-state index contributed by atoms with van der Waals surface area (Å²) in [6, 6.07) is 54.5. The van der Waals surface area contributed by atoms with E-state index in [0.29, 0.717) is 21.1 Å². The number of fused-ring (bicyclic) bond motifs is 18. The molecule has 11 aromatic rings. The Hall–Kier alpha value is -7.07. The minimum Gasteiger partial charge on any atom is -0.455 e. The van der Waals surface area contributed by atoms with Crippen LogP contribution in [0.4, 0.5) is 0 Å². The van der Waals surface area contributed by atoms with Gasteiger partial charge in [0, 0.05) is 24.1 Å². The van der Waals surface area contributed by atoms with Crippen LogP contribution >= 0.6 is 0 Å². The van der Waals surface area contributed by atoms with E-state index in [-0.39, 0.29) is 33.8 Å². The maximum absolute atomic E-state index is 9.17. The monoisotopic (exact) mass is 792 g/mol. The molecular weight excluding hydrogens is 743 g/mol. The van der Waals surface area contributed by atoms with E-state index in [2.05, 4.69) is 102 Å². The van der Waals surface area contributed by atoms with Gasteiger partial charge in [-0.3, -0.25) is 4.98 Å². The molecule has 1 aliphatic heterocycles. The van der Waals surface area contributed by atoms with Crippen molar-refractivity contribution in [2.24, 2.45) is 0 Å². The summed E-state index contributed by atoms with van der Waals surface area (Å²) >= 11 is 0. The zero-order chi connectivity index (χ0) is 47.8. The summed E-state index contributed by atoms with van der Waals surface area (Å²) < 4.78 is 87.7. The van der Waals surface area contributed by atoms with Crippen LogP contribution in [0.2, 0.25) is 13.0 Å². The number of pyridine rings is 1. The van der Waals surface area contributed by atoms with Gasteiger partial charge in [0.1, 0.15) is 19.6 Å². The molecule has 0 saturated carbocycles. The van der Waals surface area contributed by atoms with Gasteiger partial charge in [0.2, 0.25) is 0 Å². The van der Waals surface area contributed by atoms with E-state index in [1.807, 2.05) is 36.4 Å². The van der Waals surface area contributed by atoms with E-state index in [1.54, 1.807) is 30.8 Å². The first-order valence-electron chi connectivity index (χ1n) is 24.7. The molecule has 60 heavy (non-hydrogen) atoms. The van der Waals surface area contributed by atoms with Crippen LogP contribution < -0.4 is 15.1 Å². The first-order chi connectivity index (χ1) is 33.0. The molecular formula is C57H41NOSi. The molecule has 0 radical (unpaired) electrons. The van der Waals surface area contributed by atoms with E-state index >= 15 is 0 Å². The van der Waals surface area contributed by atoms with Crippen LogP contribution in [0.1, 0.15) is 23.5 Å². The normalized spacial score (nSPS) is 17.7. The molecule has 3 heteroatoms. The van der Waals surface area contributed by atoms with Crippen molar-refractivity contribution in [1.82, 2.24) is 4.98 Å². The Morgan fingerprint density at radius 3 is 1.28 bits per heavy atom. The summed E-state index contributed by atoms with van der Waals surface area (Å²) in [5, 5.41) is 16.4. The van der Waals surface area contributed by atoms with Crippen molar-refractivity contribution in [2.75, 3.05) is 0 Å². The highest BCUT2D eigenvalue weighted by Crippen LogP contribution is 2.45. The third-order valence-corrected chi connectivity index (χ3v) is 15.7. The quantitative estimate of drug-likeness (QED) is 0.154. The van der Waals surface area contributed by atoms with Gasteiger partial charge in [0.15, 0.2) is 0 Å². The molecule has 2 heterocycles. The first kappa shape index (κ1) is 26.8. The minimum absolute atomic E-state index is 0.0314. The third-order valence-electron chi connectivity index (χ3n) is 12.8. The summed E-state index contributed by atoms with van der Waals surface area (Å²) in [6.45, 7) is -6.30. The van der Waals surface area contributed by atoms with Crippen LogP contribution in [-0.4, -0.2) is 13.1 Å². The van der Waals surface area contributed by atoms with Crippen molar-refractivity contribution in [1.29, 1.82) is 0 Å². The Morgan fingerprint density at radius 1 is 0.433 bits per heavy atom. The predicted octanol–water partition coefficient (Wildman–Crippen LogP) is 14.6. The van der Waals surface area contributed by atoms with Gasteiger partial charge in [-0.15, -0.1) is 0 Å². The van der Waals surface area contributed by atoms with E-state index < -0.39 is 28.3 Å². The molecule has 12 rings (SSSR count). The smallest absolute Gasteiger partial charge is 0.145 e. The van der Waals surface area contributed by atoms with Gasteiger partial charge >= 0.3 is 0 Å². The van der Waals surface area contributed by atoms with Crippen molar-refractivity contribution in [3.63, 3.8) is 0 Å². The molecule has 284 valence electrons. The summed E-state index contributed by atoms with van der Waals surface area (Å²) in [5.41, 5.74) is -0.0798. The summed E-state index contributed by atoms with van der Waals surface area (Å²) in [6.07, 6.45) is 2.99. The second kappa shape index (κ2) is 13.0. The van der Waals surface area contributed by atoms with Gasteiger partial charge in [-0.1, -0.05) is 153 Å². The molecule has 2 nitrogen and oxygen atoms in total. The largest absolute Gasteiger partial charge is 0.455 e. The van der Waals surface area contributed by atoms with Crippen LogP contribution in [0, 0.1) is 13.7 Å². The minimum atomic E-state index is -3.75. The standard InChI is InChI=1S/C57H41NOSi/c1-34-25-26-55-57(59-53-33-58-28-27-54(53)60(55,3)4)56(34)46-30-48-44-23-13-14-24-45(44)52-32-50-41-20-10-8-18-39(41)37-16-6-5-15-36(37)38-17-7-9-19-40(38)49(50)31-51(52)43-22-12-11-21-42(43)47(48)29-35(46)2/h5-33H,1-4H3/i1D3,2D3,3D3. The zero-order valence-electron chi connectivity index (χ0n) is 41.6. The molecule has 1 unspecified atom stereocenters. The average Bonchev–Trinajstić information content (AvgIpc) is 3.34. The van der Waals surface area contributed by atoms with Gasteiger partial charge in [-0.05, 0) is 151 Å². The lowest BCUT2D eigenvalue weighted by Gasteiger charge is -2.34. The van der Waals surface area contributed by atoms with Crippen LogP contribution in [0.25, 0.3) is 97.3 Å². The van der Waals surface area contributed by atoms with Crippen molar-refractivity contribution in [2.45, 2.75) is 26.7 Å². The van der Waals surface area contributed by atoms with Gasteiger partial charge in [0.25, 0.3) is 0 Å². The first-order valence-corrected chi connectivity index (χ1v) is 22.7. The fraction of sp³-hybridized carbons (Fsp3) is 0.0702. The molecule has 0 aliphatic carbocycles. The van der Waals surface area contributed by atoms with E-state index in [1.165, 1.54) is 18.5 Å². The van der Waals surface area contributed by atoms with Crippen LogP contribution in [0.3, 0.4) is 0 Å². The lowest BCUT2D eigenvalue weighted by atomic mass is 9.87. The highest BCUT2D eigenvalue weighted by Gasteiger charge is 2.38. The second-order valence-electron chi connectivity index (χ2n) is 16.1. The molecule has 1 atom stereocenters. The van der Waals surface area contributed by atoms with Crippen molar-refractivity contribution < 1.29 is 17.1 Å². The fourth-order valence-electron chi connectivity index (χ4n) is 9.99. The topological polar surface area (TPSA) is 22.1 Å². The molecule has 0 amide bonds. The van der Waals surface area contributed by atoms with Crippen molar-refractivity contribution in [3.8, 4) is 22.6 Å². The molecule has 0 N–H and O–H groups in total. The third kappa shape index (κ3) is 4.96. The maximum Gasteiger partial charge on any atom is 0.145 e. The van der Waals surface area contributed by atoms with Crippen LogP contribution in [0.15, 0.2) is 176 Å². The molecule has 1 aromatic heterocycles. The Kier molecular flexibility index (Phi) is 5.80. The number of rotatable bonds is 1. The number of benzene rings is 8. The Bertz CT molecular complexity index is 4110. The van der Waals surface area contributed by atoms with Gasteiger partial charge in [-0.2, -0.15) is 0 Å². The van der Waals surface area contributed by atoms with Crippen LogP contribution in [0.5, 0.6) is 11.5 Å². The molecule has 0 bridgehead atoms. The number of nitrogens with zero attached hydrogens (tertiary/aromatic N) is 1. The molecule has 0 fully saturated rings. The zero-order valence-corrected chi connectivity index (χ0v) is 33.6. The number of aryl methyl sites for hydroxylation is 2. The number of ether oxygens (including phenoxy) is 1. The maximum atomic E-state index is 9.17. The fourth-order valence-corrected chi connectivity index (χ4v) is 12.3. The molecule has 1 aliphatic rings. The molecule has 10 aromatic carbocycles. The molecule has 0 saturated heterocycles. The molecule has 0 spiro atoms. The number of hydrogen-bond donors (Lipinski definition) is 0. The lowest BCUT2D eigenvalue weighted by molar-refractivity contribution is 0.485. The Labute approximate surface area is 362 Å². The highest BCUT2D eigenvalue weighted by molar-refractivity contribution is 7.01. The number of hydrogen-bond acceptors (Lipinski definition) is 2. The van der Waals surface area contributed by atoms with E-state index in [0.717, 1.165) is 75.4 Å². The van der Waals surface area contributed by atoms with Crippen molar-refractivity contribution in [3.05, 3.63) is 187 Å². The summed E-state index contributed by atoms with van der Waals surface area (Å²) in [5.74, 6) is 0.239. The van der Waals surface area contributed by atoms with E-state index in [9.17, 15) is 0 Å². The lowest BCUT2D eigenvalue weighted by Crippen LogP contribution is -2.56.